The van der Waals surface area contributed by atoms with E-state index in [1.54, 1.807) is 30.3 Å². The molecule has 0 saturated carbocycles. The second kappa shape index (κ2) is 10.4. The Morgan fingerprint density at radius 1 is 0.969 bits per heavy atom. The van der Waals surface area contributed by atoms with Gasteiger partial charge in [0.1, 0.15) is 0 Å². The minimum absolute atomic E-state index is 0.171. The quantitative estimate of drug-likeness (QED) is 0.227. The molecule has 0 N–H and O–H groups in total. The Morgan fingerprint density at radius 3 is 2.31 bits per heavy atom. The number of methoxy groups -OCH3 is 2. The van der Waals surface area contributed by atoms with Crippen molar-refractivity contribution in [2.75, 3.05) is 20.8 Å². The van der Waals surface area contributed by atoms with Crippen molar-refractivity contribution >= 4 is 39.9 Å². The van der Waals surface area contributed by atoms with Crippen molar-refractivity contribution in [3.05, 3.63) is 57.6 Å². The molecule has 3 aromatic carbocycles. The monoisotopic (exact) mass is 473 g/mol. The summed E-state index contributed by atoms with van der Waals surface area (Å²) in [5.41, 5.74) is 1.37. The third kappa shape index (κ3) is 5.01. The molecule has 0 aliphatic carbocycles. The van der Waals surface area contributed by atoms with Crippen LogP contribution in [0.15, 0.2) is 36.4 Å². The lowest BCUT2D eigenvalue weighted by atomic mass is 10.0. The van der Waals surface area contributed by atoms with Crippen molar-refractivity contribution in [1.82, 2.24) is 0 Å². The average Bonchev–Trinajstić information content (AvgIpc) is 2.77. The molecule has 0 aliphatic rings. The van der Waals surface area contributed by atoms with Gasteiger partial charge < -0.3 is 18.9 Å². The second-order valence-corrected chi connectivity index (χ2v) is 7.72. The normalized spacial score (nSPS) is 10.5. The van der Waals surface area contributed by atoms with E-state index in [9.17, 15) is 10.1 Å². The molecule has 0 aromatic heterocycles. The van der Waals surface area contributed by atoms with Crippen molar-refractivity contribution in [1.29, 1.82) is 5.26 Å². The number of rotatable bonds is 8. The number of benzene rings is 3. The summed E-state index contributed by atoms with van der Waals surface area (Å²) in [6.07, 6.45) is 1.37. The number of fused-ring (bicyclic) bond motifs is 1. The summed E-state index contributed by atoms with van der Waals surface area (Å²) < 4.78 is 22.6. The van der Waals surface area contributed by atoms with Gasteiger partial charge in [-0.3, -0.25) is 4.79 Å². The van der Waals surface area contributed by atoms with Gasteiger partial charge in [0.05, 0.1) is 32.5 Å². The average molecular weight is 474 g/mol. The molecule has 0 atom stereocenters. The van der Waals surface area contributed by atoms with Crippen molar-refractivity contribution in [2.24, 2.45) is 0 Å². The highest BCUT2D eigenvalue weighted by Gasteiger charge is 2.25. The Labute approximate surface area is 196 Å². The van der Waals surface area contributed by atoms with E-state index in [2.05, 4.69) is 6.07 Å². The van der Waals surface area contributed by atoms with E-state index in [0.717, 1.165) is 5.56 Å². The highest BCUT2D eigenvalue weighted by molar-refractivity contribution is 6.35. The maximum absolute atomic E-state index is 11.7. The Balaban J connectivity index is 1.98. The predicted molar refractivity (Wildman–Crippen MR) is 123 cm³/mol. The lowest BCUT2D eigenvalue weighted by molar-refractivity contribution is -0.131. The molecule has 32 heavy (non-hydrogen) atoms. The molecule has 0 amide bonds. The van der Waals surface area contributed by atoms with Crippen LogP contribution in [-0.2, 0) is 11.2 Å². The summed E-state index contributed by atoms with van der Waals surface area (Å²) >= 11 is 12.2. The van der Waals surface area contributed by atoms with E-state index in [1.807, 2.05) is 6.07 Å². The standard InChI is InChI=1S/C24H21Cl2NO5/c1-14(28)32-22-19-11-15(13-27)6-9-18(19)21(23(29-2)24(22)30-3)31-10-4-5-16-7-8-17(25)12-20(16)26/h6-9,11-12H,4-5,10H2,1-3H3. The maximum Gasteiger partial charge on any atom is 0.308 e. The van der Waals surface area contributed by atoms with E-state index >= 15 is 0 Å². The first-order valence-electron chi connectivity index (χ1n) is 9.76. The second-order valence-electron chi connectivity index (χ2n) is 6.88. The molecule has 0 spiro atoms. The molecule has 8 heteroatoms. The van der Waals surface area contributed by atoms with Crippen LogP contribution >= 0.6 is 23.2 Å². The van der Waals surface area contributed by atoms with Gasteiger partial charge in [-0.25, -0.2) is 0 Å². The molecule has 0 aliphatic heterocycles. The highest BCUT2D eigenvalue weighted by Crippen LogP contribution is 2.51. The molecule has 0 fully saturated rings. The van der Waals surface area contributed by atoms with E-state index in [1.165, 1.54) is 21.1 Å². The van der Waals surface area contributed by atoms with Gasteiger partial charge in [0.2, 0.25) is 11.5 Å². The molecule has 166 valence electrons. The minimum atomic E-state index is -0.525. The van der Waals surface area contributed by atoms with Gasteiger partial charge in [0, 0.05) is 27.7 Å². The molecular formula is C24H21Cl2NO5. The topological polar surface area (TPSA) is 77.8 Å². The van der Waals surface area contributed by atoms with Gasteiger partial charge >= 0.3 is 5.97 Å². The van der Waals surface area contributed by atoms with Crippen LogP contribution in [0.3, 0.4) is 0 Å². The van der Waals surface area contributed by atoms with Crippen LogP contribution in [0, 0.1) is 11.3 Å². The molecule has 0 heterocycles. The van der Waals surface area contributed by atoms with Crippen molar-refractivity contribution in [2.45, 2.75) is 19.8 Å². The number of aryl methyl sites for hydroxylation is 1. The van der Waals surface area contributed by atoms with Crippen LogP contribution in [0.1, 0.15) is 24.5 Å². The van der Waals surface area contributed by atoms with Crippen molar-refractivity contribution in [3.63, 3.8) is 0 Å². The predicted octanol–water partition coefficient (Wildman–Crippen LogP) is 5.97. The Kier molecular flexibility index (Phi) is 7.68. The zero-order chi connectivity index (χ0) is 23.3. The highest BCUT2D eigenvalue weighted by atomic mass is 35.5. The van der Waals surface area contributed by atoms with Crippen LogP contribution in [0.4, 0.5) is 0 Å². The Hall–Kier alpha value is -3.14. The first-order valence-corrected chi connectivity index (χ1v) is 10.5. The van der Waals surface area contributed by atoms with Gasteiger partial charge in [-0.2, -0.15) is 5.26 Å². The summed E-state index contributed by atoms with van der Waals surface area (Å²) in [5, 5.41) is 11.7. The fraction of sp³-hybridized carbons (Fsp3) is 0.250. The van der Waals surface area contributed by atoms with E-state index < -0.39 is 5.97 Å². The fourth-order valence-electron chi connectivity index (χ4n) is 3.37. The fourth-order valence-corrected chi connectivity index (χ4v) is 3.87. The number of hydrogen-bond acceptors (Lipinski definition) is 6. The summed E-state index contributed by atoms with van der Waals surface area (Å²) in [5.74, 6) is 0.584. The van der Waals surface area contributed by atoms with Gasteiger partial charge in [-0.05, 0) is 48.7 Å². The maximum atomic E-state index is 11.7. The number of nitrogens with zero attached hydrogens (tertiary/aromatic N) is 1. The number of ether oxygens (including phenoxy) is 4. The third-order valence-electron chi connectivity index (χ3n) is 4.76. The Morgan fingerprint density at radius 2 is 1.69 bits per heavy atom. The van der Waals surface area contributed by atoms with E-state index in [-0.39, 0.29) is 11.5 Å². The number of carbonyl (C=O) groups is 1. The molecule has 3 rings (SSSR count). The van der Waals surface area contributed by atoms with Gasteiger partial charge in [-0.1, -0.05) is 29.3 Å². The molecular weight excluding hydrogens is 453 g/mol. The van der Waals surface area contributed by atoms with Crippen LogP contribution < -0.4 is 18.9 Å². The van der Waals surface area contributed by atoms with E-state index in [0.29, 0.717) is 57.3 Å². The lowest BCUT2D eigenvalue weighted by Crippen LogP contribution is -2.07. The van der Waals surface area contributed by atoms with E-state index in [4.69, 9.17) is 42.1 Å². The molecule has 0 bridgehead atoms. The number of carbonyl (C=O) groups excluding carboxylic acids is 1. The summed E-state index contributed by atoms with van der Waals surface area (Å²) in [7, 11) is 2.92. The summed E-state index contributed by atoms with van der Waals surface area (Å²) in [6.45, 7) is 1.65. The van der Waals surface area contributed by atoms with Gasteiger partial charge in [0.25, 0.3) is 0 Å². The number of esters is 1. The molecule has 0 radical (unpaired) electrons. The molecule has 6 nitrogen and oxygen atoms in total. The number of halogens is 2. The zero-order valence-electron chi connectivity index (χ0n) is 17.8. The van der Waals surface area contributed by atoms with Crippen molar-refractivity contribution < 1.29 is 23.7 Å². The smallest absolute Gasteiger partial charge is 0.308 e. The molecule has 0 saturated heterocycles. The summed E-state index contributed by atoms with van der Waals surface area (Å²) in [6, 6.07) is 12.5. The number of hydrogen-bond donors (Lipinski definition) is 0. The lowest BCUT2D eigenvalue weighted by Gasteiger charge is -2.20. The number of nitriles is 1. The van der Waals surface area contributed by atoms with Crippen LogP contribution in [-0.4, -0.2) is 26.8 Å². The minimum Gasteiger partial charge on any atom is -0.490 e. The summed E-state index contributed by atoms with van der Waals surface area (Å²) in [4.78, 5) is 11.7. The van der Waals surface area contributed by atoms with Gasteiger partial charge in [-0.15, -0.1) is 0 Å². The molecule has 0 unspecified atom stereocenters. The first-order chi connectivity index (χ1) is 15.4. The largest absolute Gasteiger partial charge is 0.490 e. The zero-order valence-corrected chi connectivity index (χ0v) is 19.3. The van der Waals surface area contributed by atoms with Crippen molar-refractivity contribution in [3.8, 4) is 29.1 Å². The first kappa shape index (κ1) is 23.5. The molecule has 3 aromatic rings. The Bertz CT molecular complexity index is 1200. The van der Waals surface area contributed by atoms with Crippen LogP contribution in [0.5, 0.6) is 23.0 Å². The van der Waals surface area contributed by atoms with Crippen LogP contribution in [0.2, 0.25) is 10.0 Å². The SMILES string of the molecule is COc1c(OC)c(OC(C)=O)c2cc(C#N)ccc2c1OCCCc1ccc(Cl)cc1Cl. The van der Waals surface area contributed by atoms with Crippen LogP contribution in [0.25, 0.3) is 10.8 Å². The third-order valence-corrected chi connectivity index (χ3v) is 5.35. The van der Waals surface area contributed by atoms with Gasteiger partial charge in [0.15, 0.2) is 11.5 Å².